The molecule has 1 aromatic carbocycles. The molecule has 18 heavy (non-hydrogen) atoms. The van der Waals surface area contributed by atoms with E-state index in [1.54, 1.807) is 18.2 Å². The van der Waals surface area contributed by atoms with Gasteiger partial charge in [-0.05, 0) is 25.0 Å². The number of aliphatic hydroxyl groups excluding tert-OH is 1. The van der Waals surface area contributed by atoms with Gasteiger partial charge in [0.25, 0.3) is 0 Å². The highest BCUT2D eigenvalue weighted by Crippen LogP contribution is 2.19. The standard InChI is InChI=1S/C12H18O4S2/c1-18(15,16)12-8-4-3-7-11(12)17(14)10-6-2-5-9-13/h3-4,7-8,13H,2,5-6,9-10H2,1H3. The molecule has 0 radical (unpaired) electrons. The van der Waals surface area contributed by atoms with Gasteiger partial charge < -0.3 is 5.11 Å². The molecule has 1 unspecified atom stereocenters. The van der Waals surface area contributed by atoms with Crippen LogP contribution in [0.15, 0.2) is 34.1 Å². The number of aliphatic hydroxyl groups is 1. The molecule has 102 valence electrons. The fourth-order valence-electron chi connectivity index (χ4n) is 1.58. The highest BCUT2D eigenvalue weighted by molar-refractivity contribution is 7.92. The second-order valence-corrected chi connectivity index (χ2v) is 7.58. The summed E-state index contributed by atoms with van der Waals surface area (Å²) in [5.41, 5.74) is 0. The zero-order valence-corrected chi connectivity index (χ0v) is 12.0. The molecule has 1 aromatic rings. The SMILES string of the molecule is CS(=O)(=O)c1ccccc1S(=O)CCCCCO. The van der Waals surface area contributed by atoms with Crippen LogP contribution in [0.1, 0.15) is 19.3 Å². The first kappa shape index (κ1) is 15.3. The molecule has 0 bridgehead atoms. The minimum atomic E-state index is -3.35. The lowest BCUT2D eigenvalue weighted by Gasteiger charge is -2.07. The molecular weight excluding hydrogens is 272 g/mol. The van der Waals surface area contributed by atoms with Crippen molar-refractivity contribution in [2.75, 3.05) is 18.6 Å². The lowest BCUT2D eigenvalue weighted by Crippen LogP contribution is -2.06. The van der Waals surface area contributed by atoms with E-state index in [0.717, 1.165) is 12.7 Å². The first-order chi connectivity index (χ1) is 8.46. The third-order valence-corrected chi connectivity index (χ3v) is 5.27. The monoisotopic (exact) mass is 290 g/mol. The minimum Gasteiger partial charge on any atom is -0.396 e. The first-order valence-corrected chi connectivity index (χ1v) is 8.96. The lowest BCUT2D eigenvalue weighted by molar-refractivity contribution is 0.284. The minimum absolute atomic E-state index is 0.132. The quantitative estimate of drug-likeness (QED) is 0.770. The molecule has 0 saturated carbocycles. The molecule has 0 fully saturated rings. The summed E-state index contributed by atoms with van der Waals surface area (Å²) in [4.78, 5) is 0.523. The van der Waals surface area contributed by atoms with Crippen molar-refractivity contribution in [1.29, 1.82) is 0 Å². The summed E-state index contributed by atoms with van der Waals surface area (Å²) in [6.45, 7) is 0.132. The van der Waals surface area contributed by atoms with Gasteiger partial charge in [-0.1, -0.05) is 18.6 Å². The molecule has 0 heterocycles. The summed E-state index contributed by atoms with van der Waals surface area (Å²) >= 11 is 0. The zero-order chi connectivity index (χ0) is 13.6. The average molecular weight is 290 g/mol. The molecule has 1 rings (SSSR count). The van der Waals surface area contributed by atoms with E-state index in [1.807, 2.05) is 0 Å². The Morgan fingerprint density at radius 3 is 2.44 bits per heavy atom. The number of sulfone groups is 1. The van der Waals surface area contributed by atoms with Crippen molar-refractivity contribution in [3.05, 3.63) is 24.3 Å². The maximum absolute atomic E-state index is 12.1. The Morgan fingerprint density at radius 1 is 1.17 bits per heavy atom. The van der Waals surface area contributed by atoms with Crippen LogP contribution >= 0.6 is 0 Å². The van der Waals surface area contributed by atoms with Gasteiger partial charge >= 0.3 is 0 Å². The van der Waals surface area contributed by atoms with E-state index >= 15 is 0 Å². The van der Waals surface area contributed by atoms with E-state index in [9.17, 15) is 12.6 Å². The number of hydrogen-bond donors (Lipinski definition) is 1. The van der Waals surface area contributed by atoms with Crippen molar-refractivity contribution in [2.24, 2.45) is 0 Å². The topological polar surface area (TPSA) is 71.4 Å². The van der Waals surface area contributed by atoms with Crippen molar-refractivity contribution in [1.82, 2.24) is 0 Å². The molecular formula is C12H18O4S2. The van der Waals surface area contributed by atoms with Gasteiger partial charge in [0, 0.05) is 18.6 Å². The molecule has 1 N–H and O–H groups in total. The van der Waals surface area contributed by atoms with E-state index in [2.05, 4.69) is 0 Å². The maximum Gasteiger partial charge on any atom is 0.176 e. The Morgan fingerprint density at radius 2 is 1.83 bits per heavy atom. The Balaban J connectivity index is 2.80. The summed E-state index contributed by atoms with van der Waals surface area (Å²) < 4.78 is 35.2. The Kier molecular flexibility index (Phi) is 5.98. The van der Waals surface area contributed by atoms with Crippen LogP contribution in [-0.2, 0) is 20.6 Å². The summed E-state index contributed by atoms with van der Waals surface area (Å²) in [6.07, 6.45) is 3.31. The van der Waals surface area contributed by atoms with Crippen LogP contribution in [0.25, 0.3) is 0 Å². The molecule has 0 aromatic heterocycles. The van der Waals surface area contributed by atoms with Crippen molar-refractivity contribution >= 4 is 20.6 Å². The van der Waals surface area contributed by atoms with Crippen molar-refractivity contribution in [3.8, 4) is 0 Å². The van der Waals surface area contributed by atoms with E-state index in [4.69, 9.17) is 5.11 Å². The fraction of sp³-hybridized carbons (Fsp3) is 0.500. The number of unbranched alkanes of at least 4 members (excludes halogenated alkanes) is 2. The summed E-state index contributed by atoms with van der Waals surface area (Å²) in [7, 11) is -4.65. The van der Waals surface area contributed by atoms with Gasteiger partial charge in [0.2, 0.25) is 0 Å². The predicted molar refractivity (Wildman–Crippen MR) is 71.8 cm³/mol. The van der Waals surface area contributed by atoms with Gasteiger partial charge in [-0.25, -0.2) is 8.42 Å². The molecule has 0 aliphatic carbocycles. The highest BCUT2D eigenvalue weighted by Gasteiger charge is 2.16. The Hall–Kier alpha value is -0.720. The lowest BCUT2D eigenvalue weighted by atomic mass is 10.3. The summed E-state index contributed by atoms with van der Waals surface area (Å²) in [5.74, 6) is 0.423. The zero-order valence-electron chi connectivity index (χ0n) is 10.3. The van der Waals surface area contributed by atoms with E-state index in [1.165, 1.54) is 6.07 Å². The van der Waals surface area contributed by atoms with E-state index < -0.39 is 20.6 Å². The molecule has 0 spiro atoms. The van der Waals surface area contributed by atoms with E-state index in [0.29, 0.717) is 23.5 Å². The van der Waals surface area contributed by atoms with E-state index in [-0.39, 0.29) is 11.5 Å². The second-order valence-electron chi connectivity index (χ2n) is 4.05. The van der Waals surface area contributed by atoms with Gasteiger partial charge in [0.05, 0.1) is 20.6 Å². The normalized spacial score (nSPS) is 13.4. The van der Waals surface area contributed by atoms with Crippen molar-refractivity contribution in [2.45, 2.75) is 29.1 Å². The first-order valence-electron chi connectivity index (χ1n) is 5.75. The Labute approximate surface area is 110 Å². The number of hydrogen-bond acceptors (Lipinski definition) is 4. The molecule has 1 atom stereocenters. The van der Waals surface area contributed by atoms with Gasteiger partial charge in [0.15, 0.2) is 9.84 Å². The predicted octanol–water partition coefficient (Wildman–Crippen LogP) is 1.36. The van der Waals surface area contributed by atoms with Crippen LogP contribution in [0.4, 0.5) is 0 Å². The third-order valence-electron chi connectivity index (χ3n) is 2.48. The molecule has 0 aliphatic rings. The molecule has 0 saturated heterocycles. The molecule has 4 nitrogen and oxygen atoms in total. The van der Waals surface area contributed by atoms with Crippen LogP contribution in [0, 0.1) is 0 Å². The van der Waals surface area contributed by atoms with Crippen LogP contribution < -0.4 is 0 Å². The average Bonchev–Trinajstić information content (AvgIpc) is 2.33. The van der Waals surface area contributed by atoms with Gasteiger partial charge in [-0.15, -0.1) is 0 Å². The van der Waals surface area contributed by atoms with Crippen LogP contribution in [0.5, 0.6) is 0 Å². The highest BCUT2D eigenvalue weighted by atomic mass is 32.2. The Bertz CT molecular complexity index is 509. The smallest absolute Gasteiger partial charge is 0.176 e. The van der Waals surface area contributed by atoms with Crippen LogP contribution in [0.3, 0.4) is 0 Å². The largest absolute Gasteiger partial charge is 0.396 e. The number of benzene rings is 1. The number of rotatable bonds is 7. The second kappa shape index (κ2) is 7.01. The van der Waals surface area contributed by atoms with Gasteiger partial charge in [0.1, 0.15) is 0 Å². The van der Waals surface area contributed by atoms with Crippen molar-refractivity contribution in [3.63, 3.8) is 0 Å². The summed E-state index contributed by atoms with van der Waals surface area (Å²) in [5, 5.41) is 8.64. The van der Waals surface area contributed by atoms with Gasteiger partial charge in [-0.3, -0.25) is 4.21 Å². The molecule has 0 aliphatic heterocycles. The van der Waals surface area contributed by atoms with Crippen LogP contribution in [-0.4, -0.2) is 36.3 Å². The van der Waals surface area contributed by atoms with Crippen LogP contribution in [0.2, 0.25) is 0 Å². The van der Waals surface area contributed by atoms with Crippen molar-refractivity contribution < 1.29 is 17.7 Å². The maximum atomic E-state index is 12.1. The third kappa shape index (κ3) is 4.51. The van der Waals surface area contributed by atoms with Gasteiger partial charge in [-0.2, -0.15) is 0 Å². The fourth-order valence-corrected chi connectivity index (χ4v) is 4.28. The summed E-state index contributed by atoms with van der Waals surface area (Å²) in [6, 6.07) is 6.40. The molecule has 0 amide bonds. The molecule has 6 heteroatoms.